The first-order valence-corrected chi connectivity index (χ1v) is 8.89. The fraction of sp³-hybridized carbons (Fsp3) is 0.250. The van der Waals surface area contributed by atoms with Crippen LogP contribution in [-0.4, -0.2) is 50.5 Å². The van der Waals surface area contributed by atoms with Gasteiger partial charge in [0, 0.05) is 42.7 Å². The van der Waals surface area contributed by atoms with Crippen LogP contribution in [0.2, 0.25) is 0 Å². The lowest BCUT2D eigenvalue weighted by Gasteiger charge is -2.18. The van der Waals surface area contributed by atoms with Gasteiger partial charge in [-0.3, -0.25) is 4.98 Å². The Morgan fingerprint density at radius 1 is 0.931 bits per heavy atom. The fourth-order valence-corrected chi connectivity index (χ4v) is 3.15. The number of hydrogen-bond acceptors (Lipinski definition) is 6. The smallest absolute Gasteiger partial charge is 0.389 e. The minimum absolute atomic E-state index is 0.192. The summed E-state index contributed by atoms with van der Waals surface area (Å²) >= 11 is 0. The van der Waals surface area contributed by atoms with E-state index in [4.69, 9.17) is 0 Å². The number of aromatic nitrogens is 3. The molecule has 0 unspecified atom stereocenters. The third-order valence-electron chi connectivity index (χ3n) is 4.72. The van der Waals surface area contributed by atoms with Crippen LogP contribution in [0.3, 0.4) is 0 Å². The Labute approximate surface area is 164 Å². The molecule has 0 bridgehead atoms. The van der Waals surface area contributed by atoms with Gasteiger partial charge in [-0.25, -0.2) is 9.97 Å². The number of rotatable bonds is 3. The molecule has 9 heteroatoms. The molecule has 2 N–H and O–H groups in total. The molecule has 4 rings (SSSR count). The Bertz CT molecular complexity index is 987. The Kier molecular flexibility index (Phi) is 4.93. The van der Waals surface area contributed by atoms with Crippen molar-refractivity contribution in [2.45, 2.75) is 18.4 Å². The first-order valence-electron chi connectivity index (χ1n) is 8.89. The molecule has 150 valence electrons. The van der Waals surface area contributed by atoms with Crippen molar-refractivity contribution < 1.29 is 23.4 Å². The van der Waals surface area contributed by atoms with Crippen LogP contribution in [0.15, 0.2) is 54.9 Å². The number of hydrogen-bond donors (Lipinski definition) is 2. The minimum Gasteiger partial charge on any atom is -0.389 e. The van der Waals surface area contributed by atoms with E-state index in [1.54, 1.807) is 35.5 Å². The summed E-state index contributed by atoms with van der Waals surface area (Å²) in [5, 5.41) is 19.7. The highest BCUT2D eigenvalue weighted by molar-refractivity contribution is 5.68. The Balaban J connectivity index is 1.78. The number of nitrogens with zero attached hydrogens (tertiary/aromatic N) is 4. The zero-order valence-electron chi connectivity index (χ0n) is 15.1. The van der Waals surface area contributed by atoms with Crippen molar-refractivity contribution >= 4 is 5.82 Å². The lowest BCUT2D eigenvalue weighted by atomic mass is 10.1. The van der Waals surface area contributed by atoms with Crippen molar-refractivity contribution in [2.75, 3.05) is 18.0 Å². The van der Waals surface area contributed by atoms with Crippen LogP contribution < -0.4 is 4.90 Å². The van der Waals surface area contributed by atoms with Gasteiger partial charge in [0.2, 0.25) is 0 Å². The topological polar surface area (TPSA) is 82.4 Å². The largest absolute Gasteiger partial charge is 0.416 e. The zero-order valence-corrected chi connectivity index (χ0v) is 15.1. The zero-order chi connectivity index (χ0) is 20.6. The third-order valence-corrected chi connectivity index (χ3v) is 4.72. The molecule has 2 atom stereocenters. The second-order valence-corrected chi connectivity index (χ2v) is 6.79. The molecule has 0 aliphatic carbocycles. The standard InChI is InChI=1S/C20H17F3N4O2/c21-20(22,23)14-5-3-12(4-6-14)15-8-18(27-10-16(28)17(29)11-27)26-19(25-15)13-2-1-7-24-9-13/h1-9,16-17,28-29H,10-11H2/t16-,17-/m0/s1. The summed E-state index contributed by atoms with van der Waals surface area (Å²) in [5.74, 6) is 0.811. The molecule has 3 aromatic rings. The van der Waals surface area contributed by atoms with Crippen LogP contribution in [0.5, 0.6) is 0 Å². The first-order chi connectivity index (χ1) is 13.8. The van der Waals surface area contributed by atoms with Gasteiger partial charge in [0.25, 0.3) is 0 Å². The van der Waals surface area contributed by atoms with Crippen molar-refractivity contribution in [1.82, 2.24) is 15.0 Å². The van der Waals surface area contributed by atoms with Gasteiger partial charge in [-0.2, -0.15) is 13.2 Å². The highest BCUT2D eigenvalue weighted by atomic mass is 19.4. The molecule has 29 heavy (non-hydrogen) atoms. The van der Waals surface area contributed by atoms with Gasteiger partial charge < -0.3 is 15.1 Å². The van der Waals surface area contributed by atoms with Crippen LogP contribution in [0.25, 0.3) is 22.6 Å². The SMILES string of the molecule is O[C@H]1CN(c2cc(-c3ccc(C(F)(F)F)cc3)nc(-c3cccnc3)n2)C[C@@H]1O. The molecule has 0 radical (unpaired) electrons. The minimum atomic E-state index is -4.42. The number of benzene rings is 1. The van der Waals surface area contributed by atoms with Crippen LogP contribution in [0.4, 0.5) is 19.0 Å². The molecule has 0 saturated carbocycles. The van der Waals surface area contributed by atoms with E-state index < -0.39 is 23.9 Å². The number of halogens is 3. The Morgan fingerprint density at radius 2 is 1.62 bits per heavy atom. The normalized spacial score (nSPS) is 19.6. The summed E-state index contributed by atoms with van der Waals surface area (Å²) in [6, 6.07) is 9.86. The van der Waals surface area contributed by atoms with E-state index in [1.165, 1.54) is 12.1 Å². The van der Waals surface area contributed by atoms with Gasteiger partial charge in [-0.05, 0) is 24.3 Å². The summed E-state index contributed by atoms with van der Waals surface area (Å²) in [7, 11) is 0. The number of aliphatic hydroxyl groups is 2. The maximum atomic E-state index is 12.9. The van der Waals surface area contributed by atoms with E-state index in [9.17, 15) is 23.4 Å². The molecule has 1 aromatic carbocycles. The predicted octanol–water partition coefficient (Wildman–Crippen LogP) is 2.77. The average Bonchev–Trinajstić information content (AvgIpc) is 3.06. The summed E-state index contributed by atoms with van der Waals surface area (Å²) in [6.45, 7) is 0.383. The number of pyridine rings is 1. The second kappa shape index (κ2) is 7.41. The molecule has 0 amide bonds. The number of β-amino-alcohol motifs (C(OH)–C–C–N with tert-alkyl or cyclic N) is 2. The molecule has 2 aromatic heterocycles. The van der Waals surface area contributed by atoms with E-state index in [0.29, 0.717) is 28.5 Å². The predicted molar refractivity (Wildman–Crippen MR) is 99.9 cm³/mol. The number of aliphatic hydroxyl groups excluding tert-OH is 2. The van der Waals surface area contributed by atoms with E-state index in [-0.39, 0.29) is 13.1 Å². The van der Waals surface area contributed by atoms with Crippen molar-refractivity contribution in [1.29, 1.82) is 0 Å². The van der Waals surface area contributed by atoms with Crippen molar-refractivity contribution in [3.05, 3.63) is 60.4 Å². The molecule has 1 aliphatic heterocycles. The maximum absolute atomic E-state index is 12.9. The number of anilines is 1. The molecule has 6 nitrogen and oxygen atoms in total. The third kappa shape index (κ3) is 4.06. The van der Waals surface area contributed by atoms with Crippen LogP contribution in [-0.2, 0) is 6.18 Å². The van der Waals surface area contributed by atoms with Gasteiger partial charge in [-0.1, -0.05) is 12.1 Å². The van der Waals surface area contributed by atoms with Crippen molar-refractivity contribution in [3.8, 4) is 22.6 Å². The summed E-state index contributed by atoms with van der Waals surface area (Å²) in [6.07, 6.45) is -3.03. The van der Waals surface area contributed by atoms with Crippen molar-refractivity contribution in [2.24, 2.45) is 0 Å². The summed E-state index contributed by atoms with van der Waals surface area (Å²) < 4.78 is 38.6. The molecular weight excluding hydrogens is 385 g/mol. The van der Waals surface area contributed by atoms with Gasteiger partial charge >= 0.3 is 6.18 Å². The Hall–Kier alpha value is -3.04. The molecule has 1 aliphatic rings. The van der Waals surface area contributed by atoms with E-state index in [1.807, 2.05) is 0 Å². The molecule has 0 spiro atoms. The summed E-state index contributed by atoms with van der Waals surface area (Å²) in [4.78, 5) is 14.8. The van der Waals surface area contributed by atoms with Gasteiger partial charge in [0.1, 0.15) is 5.82 Å². The lowest BCUT2D eigenvalue weighted by Crippen LogP contribution is -2.22. The van der Waals surface area contributed by atoms with E-state index in [0.717, 1.165) is 12.1 Å². The molecule has 1 saturated heterocycles. The maximum Gasteiger partial charge on any atom is 0.416 e. The average molecular weight is 402 g/mol. The van der Waals surface area contributed by atoms with E-state index >= 15 is 0 Å². The molecule has 1 fully saturated rings. The monoisotopic (exact) mass is 402 g/mol. The number of alkyl halides is 3. The van der Waals surface area contributed by atoms with Crippen LogP contribution in [0, 0.1) is 0 Å². The highest BCUT2D eigenvalue weighted by Crippen LogP contribution is 2.32. The lowest BCUT2D eigenvalue weighted by molar-refractivity contribution is -0.137. The first kappa shape index (κ1) is 19.3. The second-order valence-electron chi connectivity index (χ2n) is 6.79. The Morgan fingerprint density at radius 3 is 2.21 bits per heavy atom. The van der Waals surface area contributed by atoms with Crippen LogP contribution in [0.1, 0.15) is 5.56 Å². The van der Waals surface area contributed by atoms with E-state index in [2.05, 4.69) is 15.0 Å². The molecular formula is C20H17F3N4O2. The van der Waals surface area contributed by atoms with Gasteiger partial charge in [0.05, 0.1) is 23.5 Å². The van der Waals surface area contributed by atoms with Crippen LogP contribution >= 0.6 is 0 Å². The highest BCUT2D eigenvalue weighted by Gasteiger charge is 2.32. The molecule has 3 heterocycles. The van der Waals surface area contributed by atoms with Crippen molar-refractivity contribution in [3.63, 3.8) is 0 Å². The van der Waals surface area contributed by atoms with Gasteiger partial charge in [0.15, 0.2) is 5.82 Å². The summed E-state index contributed by atoms with van der Waals surface area (Å²) in [5.41, 5.74) is 0.821. The van der Waals surface area contributed by atoms with Gasteiger partial charge in [-0.15, -0.1) is 0 Å². The fourth-order valence-electron chi connectivity index (χ4n) is 3.15. The quantitative estimate of drug-likeness (QED) is 0.701.